The number of rotatable bonds is 4. The van der Waals surface area contributed by atoms with Gasteiger partial charge in [0.15, 0.2) is 0 Å². The molecule has 166 valence electrons. The first kappa shape index (κ1) is 20.9. The van der Waals surface area contributed by atoms with Gasteiger partial charge in [-0.15, -0.1) is 11.3 Å². The standard InChI is InChI=1S/C25H27N3O3S/c1-25(2)22(16-6-4-3-5-7-16)28(24(30)31-25)19-11-9-18(10-12-19)27-23(29)17-8-13-21-20(14-17)26-15-32-21/h3-8,13-15,18-19,22H,9-12H2,1-2H3,(H,27,29). The van der Waals surface area contributed by atoms with Crippen LogP contribution in [-0.4, -0.2) is 39.6 Å². The number of aromatic nitrogens is 1. The topological polar surface area (TPSA) is 71.5 Å². The lowest BCUT2D eigenvalue weighted by Gasteiger charge is -2.38. The smallest absolute Gasteiger partial charge is 0.411 e. The summed E-state index contributed by atoms with van der Waals surface area (Å²) in [5, 5.41) is 3.18. The number of hydrogen-bond acceptors (Lipinski definition) is 5. The molecule has 0 bridgehead atoms. The minimum absolute atomic E-state index is 0.0628. The van der Waals surface area contributed by atoms with Crippen LogP contribution in [0.4, 0.5) is 4.79 Å². The summed E-state index contributed by atoms with van der Waals surface area (Å²) in [6, 6.07) is 15.9. The molecule has 2 amide bonds. The van der Waals surface area contributed by atoms with Gasteiger partial charge >= 0.3 is 6.09 Å². The molecule has 3 aromatic rings. The van der Waals surface area contributed by atoms with Crippen molar-refractivity contribution in [1.29, 1.82) is 0 Å². The molecule has 1 unspecified atom stereocenters. The average Bonchev–Trinajstić information content (AvgIpc) is 3.35. The normalized spacial score (nSPS) is 25.0. The number of amides is 2. The zero-order chi connectivity index (χ0) is 22.3. The maximum Gasteiger partial charge on any atom is 0.411 e. The van der Waals surface area contributed by atoms with Crippen molar-refractivity contribution in [3.05, 3.63) is 65.2 Å². The Morgan fingerprint density at radius 1 is 1.12 bits per heavy atom. The quantitative estimate of drug-likeness (QED) is 0.586. The van der Waals surface area contributed by atoms with E-state index in [9.17, 15) is 9.59 Å². The zero-order valence-electron chi connectivity index (χ0n) is 18.3. The van der Waals surface area contributed by atoms with Crippen molar-refractivity contribution in [3.63, 3.8) is 0 Å². The van der Waals surface area contributed by atoms with Crippen molar-refractivity contribution in [1.82, 2.24) is 15.2 Å². The van der Waals surface area contributed by atoms with E-state index < -0.39 is 5.60 Å². The fraction of sp³-hybridized carbons (Fsp3) is 0.400. The summed E-state index contributed by atoms with van der Waals surface area (Å²) < 4.78 is 6.85. The van der Waals surface area contributed by atoms with Crippen LogP contribution in [0.2, 0.25) is 0 Å². The van der Waals surface area contributed by atoms with E-state index in [-0.39, 0.29) is 30.1 Å². The Bertz CT molecular complexity index is 1140. The number of ether oxygens (including phenoxy) is 1. The summed E-state index contributed by atoms with van der Waals surface area (Å²) in [5.74, 6) is -0.0628. The van der Waals surface area contributed by atoms with Gasteiger partial charge in [-0.1, -0.05) is 30.3 Å². The SMILES string of the molecule is CC1(C)OC(=O)N(C2CCC(NC(=O)c3ccc4scnc4c3)CC2)C1c1ccccc1. The second kappa shape index (κ2) is 8.20. The van der Waals surface area contributed by atoms with Gasteiger partial charge in [0.25, 0.3) is 5.91 Å². The summed E-state index contributed by atoms with van der Waals surface area (Å²) in [4.78, 5) is 31.8. The van der Waals surface area contributed by atoms with Crippen molar-refractivity contribution in [2.45, 2.75) is 63.3 Å². The Labute approximate surface area is 191 Å². The molecule has 0 radical (unpaired) electrons. The van der Waals surface area contributed by atoms with Crippen LogP contribution in [0.25, 0.3) is 10.2 Å². The molecule has 0 spiro atoms. The summed E-state index contributed by atoms with van der Waals surface area (Å²) in [6.45, 7) is 3.96. The summed E-state index contributed by atoms with van der Waals surface area (Å²) in [7, 11) is 0. The number of nitrogens with zero attached hydrogens (tertiary/aromatic N) is 2. The first-order valence-electron chi connectivity index (χ1n) is 11.1. The minimum Gasteiger partial charge on any atom is -0.441 e. The lowest BCUT2D eigenvalue weighted by atomic mass is 9.86. The number of nitrogens with one attached hydrogen (secondary N) is 1. The van der Waals surface area contributed by atoms with E-state index >= 15 is 0 Å². The molecule has 1 N–H and O–H groups in total. The summed E-state index contributed by atoms with van der Waals surface area (Å²) in [5.41, 5.74) is 3.79. The molecule has 1 aliphatic carbocycles. The fourth-order valence-electron chi connectivity index (χ4n) is 5.10. The number of cyclic esters (lactones) is 1. The van der Waals surface area contributed by atoms with Crippen molar-refractivity contribution in [3.8, 4) is 0 Å². The molecule has 2 heterocycles. The third-order valence-electron chi connectivity index (χ3n) is 6.63. The highest BCUT2D eigenvalue weighted by molar-refractivity contribution is 7.16. The molecule has 2 fully saturated rings. The molecule has 2 aliphatic rings. The fourth-order valence-corrected chi connectivity index (χ4v) is 5.76. The van der Waals surface area contributed by atoms with Gasteiger partial charge in [-0.2, -0.15) is 0 Å². The second-order valence-corrected chi connectivity index (χ2v) is 10.1. The third-order valence-corrected chi connectivity index (χ3v) is 7.44. The van der Waals surface area contributed by atoms with Crippen LogP contribution in [0, 0.1) is 0 Å². The Morgan fingerprint density at radius 2 is 1.88 bits per heavy atom. The molecule has 1 aromatic heterocycles. The number of benzene rings is 2. The van der Waals surface area contributed by atoms with Crippen LogP contribution in [-0.2, 0) is 4.74 Å². The van der Waals surface area contributed by atoms with Crippen molar-refractivity contribution >= 4 is 33.6 Å². The third kappa shape index (κ3) is 3.86. The van der Waals surface area contributed by atoms with Crippen LogP contribution in [0.1, 0.15) is 61.5 Å². The van der Waals surface area contributed by atoms with Crippen LogP contribution in [0.3, 0.4) is 0 Å². The first-order valence-corrected chi connectivity index (χ1v) is 12.0. The van der Waals surface area contributed by atoms with Gasteiger partial charge in [0.1, 0.15) is 5.60 Å². The van der Waals surface area contributed by atoms with Gasteiger partial charge in [0, 0.05) is 17.6 Å². The van der Waals surface area contributed by atoms with Crippen LogP contribution < -0.4 is 5.32 Å². The maximum absolute atomic E-state index is 12.8. The number of carbonyl (C=O) groups is 2. The number of carbonyl (C=O) groups excluding carboxylic acids is 2. The second-order valence-electron chi connectivity index (χ2n) is 9.21. The maximum atomic E-state index is 12.8. The Morgan fingerprint density at radius 3 is 2.62 bits per heavy atom. The molecule has 1 atom stereocenters. The number of hydrogen-bond donors (Lipinski definition) is 1. The van der Waals surface area contributed by atoms with E-state index in [2.05, 4.69) is 22.4 Å². The predicted octanol–water partition coefficient (Wildman–Crippen LogP) is 5.31. The highest BCUT2D eigenvalue weighted by Gasteiger charge is 2.51. The van der Waals surface area contributed by atoms with Crippen LogP contribution in [0.15, 0.2) is 54.0 Å². The van der Waals surface area contributed by atoms with E-state index in [0.717, 1.165) is 41.5 Å². The number of thiazole rings is 1. The van der Waals surface area contributed by atoms with Crippen molar-refractivity contribution in [2.24, 2.45) is 0 Å². The highest BCUT2D eigenvalue weighted by Crippen LogP contribution is 2.44. The van der Waals surface area contributed by atoms with Gasteiger partial charge < -0.3 is 10.1 Å². The average molecular weight is 450 g/mol. The summed E-state index contributed by atoms with van der Waals surface area (Å²) in [6.07, 6.45) is 3.10. The van der Waals surface area contributed by atoms with Gasteiger partial charge in [-0.25, -0.2) is 9.78 Å². The van der Waals surface area contributed by atoms with Crippen LogP contribution >= 0.6 is 11.3 Å². The molecule has 7 heteroatoms. The predicted molar refractivity (Wildman–Crippen MR) is 125 cm³/mol. The van der Waals surface area contributed by atoms with E-state index in [4.69, 9.17) is 4.74 Å². The van der Waals surface area contributed by atoms with E-state index in [1.54, 1.807) is 16.8 Å². The lowest BCUT2D eigenvalue weighted by Crippen LogP contribution is -2.46. The minimum atomic E-state index is -0.585. The van der Waals surface area contributed by atoms with Crippen molar-refractivity contribution < 1.29 is 14.3 Å². The molecular weight excluding hydrogens is 422 g/mol. The molecular formula is C25H27N3O3S. The van der Waals surface area contributed by atoms with Gasteiger partial charge in [0.05, 0.1) is 21.8 Å². The molecule has 1 saturated carbocycles. The Kier molecular flexibility index (Phi) is 5.37. The Hall–Kier alpha value is -2.93. The van der Waals surface area contributed by atoms with Crippen LogP contribution in [0.5, 0.6) is 0 Å². The largest absolute Gasteiger partial charge is 0.441 e. The first-order chi connectivity index (χ1) is 15.4. The lowest BCUT2D eigenvalue weighted by molar-refractivity contribution is 0.0663. The molecule has 6 nitrogen and oxygen atoms in total. The van der Waals surface area contributed by atoms with E-state index in [1.807, 2.05) is 55.1 Å². The Balaban J connectivity index is 1.25. The zero-order valence-corrected chi connectivity index (χ0v) is 19.1. The molecule has 1 saturated heterocycles. The molecule has 1 aliphatic heterocycles. The van der Waals surface area contributed by atoms with Gasteiger partial charge in [-0.3, -0.25) is 9.69 Å². The molecule has 32 heavy (non-hydrogen) atoms. The van der Waals surface area contributed by atoms with E-state index in [0.29, 0.717) is 5.56 Å². The summed E-state index contributed by atoms with van der Waals surface area (Å²) >= 11 is 1.57. The molecule has 2 aromatic carbocycles. The van der Waals surface area contributed by atoms with E-state index in [1.165, 1.54) is 0 Å². The number of fused-ring (bicyclic) bond motifs is 1. The molecule has 5 rings (SSSR count). The monoisotopic (exact) mass is 449 g/mol. The van der Waals surface area contributed by atoms with Gasteiger partial charge in [-0.05, 0) is 63.3 Å². The van der Waals surface area contributed by atoms with Gasteiger partial charge in [0.2, 0.25) is 0 Å². The van der Waals surface area contributed by atoms with Crippen molar-refractivity contribution in [2.75, 3.05) is 0 Å². The highest BCUT2D eigenvalue weighted by atomic mass is 32.1.